The van der Waals surface area contributed by atoms with Gasteiger partial charge in [-0.25, -0.2) is 4.98 Å². The predicted octanol–water partition coefficient (Wildman–Crippen LogP) is 4.52. The zero-order valence-electron chi connectivity index (χ0n) is 17.6. The Morgan fingerprint density at radius 3 is 2.41 bits per heavy atom. The van der Waals surface area contributed by atoms with E-state index in [0.717, 1.165) is 33.2 Å². The summed E-state index contributed by atoms with van der Waals surface area (Å²) in [4.78, 5) is 24.9. The van der Waals surface area contributed by atoms with Crippen molar-refractivity contribution in [2.24, 2.45) is 0 Å². The first-order valence-electron chi connectivity index (χ1n) is 10.7. The van der Waals surface area contributed by atoms with Gasteiger partial charge in [-0.2, -0.15) is 0 Å². The fourth-order valence-electron chi connectivity index (χ4n) is 3.96. The van der Waals surface area contributed by atoms with Crippen LogP contribution in [0.2, 0.25) is 0 Å². The van der Waals surface area contributed by atoms with E-state index in [4.69, 9.17) is 0 Å². The first-order chi connectivity index (χ1) is 15.7. The molecule has 2 heterocycles. The van der Waals surface area contributed by atoms with E-state index < -0.39 is 0 Å². The molecule has 1 amide bonds. The molecule has 2 N–H and O–H groups in total. The Bertz CT molecular complexity index is 1200. The number of para-hydroxylation sites is 4. The van der Waals surface area contributed by atoms with Crippen molar-refractivity contribution in [2.45, 2.75) is 10.9 Å². The van der Waals surface area contributed by atoms with E-state index in [1.165, 1.54) is 0 Å². The van der Waals surface area contributed by atoms with Gasteiger partial charge in [0.05, 0.1) is 16.7 Å². The Balaban J connectivity index is 1.17. The minimum absolute atomic E-state index is 0.0541. The quantitative estimate of drug-likeness (QED) is 0.443. The molecule has 32 heavy (non-hydrogen) atoms. The Hall–Kier alpha value is -3.45. The number of hydrogen-bond acceptors (Lipinski definition) is 5. The van der Waals surface area contributed by atoms with Gasteiger partial charge in [0, 0.05) is 37.5 Å². The van der Waals surface area contributed by atoms with Gasteiger partial charge < -0.3 is 19.9 Å². The summed E-state index contributed by atoms with van der Waals surface area (Å²) in [5.74, 6) is 1.12. The van der Waals surface area contributed by atoms with E-state index in [-0.39, 0.29) is 11.7 Å². The molecule has 0 saturated carbocycles. The molecule has 0 bridgehead atoms. The normalized spacial score (nSPS) is 14.1. The number of fused-ring (bicyclic) bond motifs is 1. The molecular weight excluding hydrogens is 420 g/mol. The molecule has 6 nitrogen and oxygen atoms in total. The largest absolute Gasteiger partial charge is 0.506 e. The lowest BCUT2D eigenvalue weighted by Gasteiger charge is -2.36. The van der Waals surface area contributed by atoms with Gasteiger partial charge in [-0.15, -0.1) is 0 Å². The molecule has 4 aromatic rings. The van der Waals surface area contributed by atoms with Crippen LogP contribution in [0.25, 0.3) is 11.0 Å². The van der Waals surface area contributed by atoms with Gasteiger partial charge in [0.2, 0.25) is 0 Å². The van der Waals surface area contributed by atoms with Crippen molar-refractivity contribution in [1.82, 2.24) is 14.9 Å². The number of piperazine rings is 1. The maximum absolute atomic E-state index is 12.9. The zero-order valence-corrected chi connectivity index (χ0v) is 18.4. The number of carbonyl (C=O) groups excluding carboxylic acids is 1. The molecule has 162 valence electrons. The van der Waals surface area contributed by atoms with Crippen LogP contribution in [0.4, 0.5) is 5.69 Å². The lowest BCUT2D eigenvalue weighted by Crippen LogP contribution is -2.48. The number of amides is 1. The first kappa shape index (κ1) is 20.5. The highest BCUT2D eigenvalue weighted by molar-refractivity contribution is 7.98. The minimum atomic E-state index is 0.0541. The maximum Gasteiger partial charge on any atom is 0.253 e. The van der Waals surface area contributed by atoms with Crippen molar-refractivity contribution in [2.75, 3.05) is 31.1 Å². The second kappa shape index (κ2) is 8.96. The maximum atomic E-state index is 12.9. The smallest absolute Gasteiger partial charge is 0.253 e. The number of aromatic amines is 1. The van der Waals surface area contributed by atoms with Crippen molar-refractivity contribution in [3.05, 3.63) is 83.9 Å². The van der Waals surface area contributed by atoms with E-state index >= 15 is 0 Å². The summed E-state index contributed by atoms with van der Waals surface area (Å²) >= 11 is 1.65. The van der Waals surface area contributed by atoms with Crippen LogP contribution in [0.3, 0.4) is 0 Å². The van der Waals surface area contributed by atoms with E-state index in [2.05, 4.69) is 14.9 Å². The molecule has 7 heteroatoms. The zero-order chi connectivity index (χ0) is 21.9. The average Bonchev–Trinajstić information content (AvgIpc) is 3.26. The van der Waals surface area contributed by atoms with E-state index in [1.54, 1.807) is 17.8 Å². The third-order valence-electron chi connectivity index (χ3n) is 5.73. The predicted molar refractivity (Wildman–Crippen MR) is 128 cm³/mol. The van der Waals surface area contributed by atoms with Gasteiger partial charge in [0.1, 0.15) is 5.75 Å². The molecule has 0 unspecified atom stereocenters. The molecule has 1 aromatic heterocycles. The van der Waals surface area contributed by atoms with Gasteiger partial charge >= 0.3 is 0 Å². The number of nitrogens with zero attached hydrogens (tertiary/aromatic N) is 3. The Labute approximate surface area is 190 Å². The number of rotatable bonds is 5. The number of phenols is 1. The Kier molecular flexibility index (Phi) is 5.73. The number of H-pyrrole nitrogens is 1. The highest BCUT2D eigenvalue weighted by atomic mass is 32.2. The van der Waals surface area contributed by atoms with Crippen LogP contribution >= 0.6 is 11.8 Å². The van der Waals surface area contributed by atoms with Crippen molar-refractivity contribution in [1.29, 1.82) is 0 Å². The van der Waals surface area contributed by atoms with Gasteiger partial charge in [0.15, 0.2) is 5.16 Å². The molecule has 0 spiro atoms. The van der Waals surface area contributed by atoms with E-state index in [9.17, 15) is 9.90 Å². The van der Waals surface area contributed by atoms with Crippen LogP contribution in [0.15, 0.2) is 78.0 Å². The summed E-state index contributed by atoms with van der Waals surface area (Å²) in [6.07, 6.45) is 0. The molecule has 1 aliphatic heterocycles. The third-order valence-corrected chi connectivity index (χ3v) is 6.68. The van der Waals surface area contributed by atoms with Crippen molar-refractivity contribution < 1.29 is 9.90 Å². The number of imidazole rings is 1. The second-order valence-electron chi connectivity index (χ2n) is 7.81. The highest BCUT2D eigenvalue weighted by Gasteiger charge is 2.23. The fourth-order valence-corrected chi connectivity index (χ4v) is 4.80. The van der Waals surface area contributed by atoms with Crippen LogP contribution in [-0.4, -0.2) is 52.1 Å². The molecular formula is C25H24N4O2S. The number of benzene rings is 3. The third kappa shape index (κ3) is 4.29. The number of aromatic nitrogens is 2. The van der Waals surface area contributed by atoms with Crippen LogP contribution in [0.1, 0.15) is 15.9 Å². The number of carbonyl (C=O) groups is 1. The number of thioether (sulfide) groups is 1. The van der Waals surface area contributed by atoms with Crippen LogP contribution < -0.4 is 4.90 Å². The SMILES string of the molecule is O=C(c1ccc(CSc2nc3ccccc3[nH]2)cc1)N1CCN(c2ccccc2O)CC1. The molecule has 1 saturated heterocycles. The van der Waals surface area contributed by atoms with Gasteiger partial charge in [0.25, 0.3) is 5.91 Å². The number of phenolic OH excluding ortho intramolecular Hbond substituents is 1. The van der Waals surface area contributed by atoms with E-state index in [1.807, 2.05) is 71.6 Å². The Morgan fingerprint density at radius 2 is 1.66 bits per heavy atom. The molecule has 1 aliphatic rings. The first-order valence-corrected chi connectivity index (χ1v) is 11.6. The number of aromatic hydroxyl groups is 1. The van der Waals surface area contributed by atoms with Gasteiger partial charge in [-0.3, -0.25) is 4.79 Å². The summed E-state index contributed by atoms with van der Waals surface area (Å²) < 4.78 is 0. The molecule has 5 rings (SSSR count). The van der Waals surface area contributed by atoms with Crippen LogP contribution in [0.5, 0.6) is 5.75 Å². The van der Waals surface area contributed by atoms with Crippen LogP contribution in [-0.2, 0) is 5.75 Å². The van der Waals surface area contributed by atoms with Crippen molar-refractivity contribution in [3.63, 3.8) is 0 Å². The number of nitrogens with one attached hydrogen (secondary N) is 1. The monoisotopic (exact) mass is 444 g/mol. The molecule has 0 aliphatic carbocycles. The number of hydrogen-bond donors (Lipinski definition) is 2. The summed E-state index contributed by atoms with van der Waals surface area (Å²) in [5.41, 5.74) is 4.69. The summed E-state index contributed by atoms with van der Waals surface area (Å²) in [6, 6.07) is 23.2. The molecule has 0 radical (unpaired) electrons. The van der Waals surface area contributed by atoms with E-state index in [0.29, 0.717) is 31.7 Å². The lowest BCUT2D eigenvalue weighted by atomic mass is 10.1. The molecule has 1 fully saturated rings. The van der Waals surface area contributed by atoms with Crippen LogP contribution in [0, 0.1) is 0 Å². The van der Waals surface area contributed by atoms with Crippen molar-refractivity contribution in [3.8, 4) is 5.75 Å². The summed E-state index contributed by atoms with van der Waals surface area (Å²) in [5, 5.41) is 11.0. The topological polar surface area (TPSA) is 72.5 Å². The summed E-state index contributed by atoms with van der Waals surface area (Å²) in [7, 11) is 0. The standard InChI is InChI=1S/C25H24N4O2S/c30-23-8-4-3-7-22(23)28-13-15-29(16-14-28)24(31)19-11-9-18(10-12-19)17-32-25-26-20-5-1-2-6-21(20)27-25/h1-12,30H,13-17H2,(H,26,27). The number of anilines is 1. The molecule has 0 atom stereocenters. The van der Waals surface area contributed by atoms with Gasteiger partial charge in [-0.05, 0) is 42.0 Å². The summed E-state index contributed by atoms with van der Waals surface area (Å²) in [6.45, 7) is 2.68. The lowest BCUT2D eigenvalue weighted by molar-refractivity contribution is 0.0746. The Morgan fingerprint density at radius 1 is 0.938 bits per heavy atom. The van der Waals surface area contributed by atoms with Gasteiger partial charge in [-0.1, -0.05) is 48.2 Å². The molecule has 3 aromatic carbocycles. The second-order valence-corrected chi connectivity index (χ2v) is 8.78. The van der Waals surface area contributed by atoms with Crippen molar-refractivity contribution >= 4 is 34.4 Å². The fraction of sp³-hybridized carbons (Fsp3) is 0.200. The average molecular weight is 445 g/mol. The minimum Gasteiger partial charge on any atom is -0.506 e. The highest BCUT2D eigenvalue weighted by Crippen LogP contribution is 2.27.